The number of piperazine rings is 2. The second kappa shape index (κ2) is 19.1. The van der Waals surface area contributed by atoms with E-state index in [9.17, 15) is 39.4 Å². The number of rotatable bonds is 12. The Morgan fingerprint density at radius 3 is 1.44 bits per heavy atom. The summed E-state index contributed by atoms with van der Waals surface area (Å²) < 4.78 is 0. The van der Waals surface area contributed by atoms with Gasteiger partial charge in [0, 0.05) is 114 Å². The molecular formula is C40H40N10O8S. The number of anilines is 2. The number of carbonyl (C=O) groups is 4. The highest BCUT2D eigenvalue weighted by atomic mass is 32.2. The van der Waals surface area contributed by atoms with Crippen LogP contribution in [0.2, 0.25) is 0 Å². The van der Waals surface area contributed by atoms with Crippen LogP contribution in [0.25, 0.3) is 12.2 Å². The average molecular weight is 821 g/mol. The van der Waals surface area contributed by atoms with Gasteiger partial charge in [0.1, 0.15) is 12.1 Å². The zero-order chi connectivity index (χ0) is 42.1. The van der Waals surface area contributed by atoms with E-state index in [0.717, 1.165) is 11.8 Å². The second-order valence-corrected chi connectivity index (χ2v) is 14.6. The summed E-state index contributed by atoms with van der Waals surface area (Å²) in [5.74, 6) is -1.19. The van der Waals surface area contributed by atoms with E-state index in [4.69, 9.17) is 0 Å². The molecule has 0 radical (unpaired) electrons. The van der Waals surface area contributed by atoms with Gasteiger partial charge >= 0.3 is 0 Å². The van der Waals surface area contributed by atoms with Gasteiger partial charge in [-0.1, -0.05) is 23.9 Å². The Kier molecular flexibility index (Phi) is 13.5. The van der Waals surface area contributed by atoms with Crippen molar-refractivity contribution in [1.29, 1.82) is 0 Å². The Labute approximate surface area is 342 Å². The van der Waals surface area contributed by atoms with Crippen molar-refractivity contribution >= 4 is 70.3 Å². The van der Waals surface area contributed by atoms with Crippen LogP contribution in [0.5, 0.6) is 0 Å². The molecule has 4 aromatic rings. The first-order valence-corrected chi connectivity index (χ1v) is 19.2. The Morgan fingerprint density at radius 2 is 1.07 bits per heavy atom. The molecule has 2 atom stereocenters. The lowest BCUT2D eigenvalue weighted by Gasteiger charge is -2.34. The normalized spacial score (nSPS) is 16.8. The van der Waals surface area contributed by atoms with Crippen LogP contribution in [0.3, 0.4) is 0 Å². The number of nitrogens with one attached hydrogen (secondary N) is 2. The van der Waals surface area contributed by atoms with Crippen LogP contribution in [-0.2, 0) is 19.2 Å². The molecule has 304 valence electrons. The summed E-state index contributed by atoms with van der Waals surface area (Å²) in [6.07, 6.45) is 11.8. The molecule has 4 heterocycles. The van der Waals surface area contributed by atoms with E-state index in [1.807, 2.05) is 0 Å². The molecule has 2 fully saturated rings. The quantitative estimate of drug-likeness (QED) is 0.119. The molecule has 2 aliphatic rings. The van der Waals surface area contributed by atoms with Crippen molar-refractivity contribution in [1.82, 2.24) is 30.4 Å². The maximum absolute atomic E-state index is 13.1. The highest BCUT2D eigenvalue weighted by Crippen LogP contribution is 2.40. The van der Waals surface area contributed by atoms with E-state index >= 15 is 0 Å². The Hall–Kier alpha value is -6.83. The Bertz CT molecular complexity index is 2140. The largest absolute Gasteiger partial charge is 0.336 e. The summed E-state index contributed by atoms with van der Waals surface area (Å²) in [4.78, 5) is 89.9. The fourth-order valence-corrected chi connectivity index (χ4v) is 7.47. The van der Waals surface area contributed by atoms with Crippen molar-refractivity contribution in [3.8, 4) is 0 Å². The first kappa shape index (κ1) is 41.8. The minimum Gasteiger partial charge on any atom is -0.336 e. The molecule has 2 N–H and O–H groups in total. The van der Waals surface area contributed by atoms with Crippen LogP contribution in [-0.4, -0.2) is 119 Å². The molecule has 59 heavy (non-hydrogen) atoms. The number of amides is 4. The number of pyridine rings is 2. The van der Waals surface area contributed by atoms with Crippen molar-refractivity contribution in [2.24, 2.45) is 0 Å². The zero-order valence-electron chi connectivity index (χ0n) is 32.0. The van der Waals surface area contributed by atoms with Crippen LogP contribution in [0.4, 0.5) is 22.7 Å². The molecule has 2 aliphatic heterocycles. The van der Waals surface area contributed by atoms with Crippen molar-refractivity contribution < 1.29 is 29.0 Å². The van der Waals surface area contributed by atoms with Gasteiger partial charge in [0.05, 0.1) is 19.6 Å². The minimum atomic E-state index is -0.636. The predicted octanol–water partition coefficient (Wildman–Crippen LogP) is 3.40. The van der Waals surface area contributed by atoms with Gasteiger partial charge in [-0.2, -0.15) is 0 Å². The molecule has 19 heteroatoms. The monoisotopic (exact) mass is 820 g/mol. The number of hydrogen-bond donors (Lipinski definition) is 2. The Balaban J connectivity index is 1.09. The topological polar surface area (TPSA) is 217 Å². The summed E-state index contributed by atoms with van der Waals surface area (Å²) >= 11 is 0.842. The van der Waals surface area contributed by atoms with E-state index < -0.39 is 21.9 Å². The number of carbonyl (C=O) groups excluding carboxylic acids is 4. The molecule has 2 aromatic heterocycles. The molecular weight excluding hydrogens is 781 g/mol. The van der Waals surface area contributed by atoms with Crippen LogP contribution >= 0.6 is 11.8 Å². The van der Waals surface area contributed by atoms with E-state index in [0.29, 0.717) is 48.7 Å². The molecule has 18 nitrogen and oxygen atoms in total. The highest BCUT2D eigenvalue weighted by molar-refractivity contribution is 7.99. The first-order chi connectivity index (χ1) is 28.4. The van der Waals surface area contributed by atoms with Crippen LogP contribution in [0, 0.1) is 20.2 Å². The molecule has 0 saturated carbocycles. The van der Waals surface area contributed by atoms with Crippen LogP contribution in [0.1, 0.15) is 11.1 Å². The third kappa shape index (κ3) is 10.4. The van der Waals surface area contributed by atoms with Crippen LogP contribution < -0.4 is 20.4 Å². The standard InChI is InChI=1S/C40H40N10O8S/c1-45(29-11-15-41-16-12-29)39(53)31-25-47(21-19-43-31)37(51)9-5-27-3-7-35(33(23-27)49(55)56)59-36-8-4-28(24-34(36)50(57)58)6-10-38(52)48-22-20-44-32(26-48)40(54)46(2)30-13-17-42-18-14-30/h3-18,23-24,31-32,43-44H,19-22,25-26H2,1-2H3/b9-5+,10-6+. The molecule has 2 saturated heterocycles. The number of aromatic nitrogens is 2. The maximum atomic E-state index is 13.1. The predicted molar refractivity (Wildman–Crippen MR) is 220 cm³/mol. The average Bonchev–Trinajstić information content (AvgIpc) is 3.27. The highest BCUT2D eigenvalue weighted by Gasteiger charge is 2.31. The molecule has 2 aromatic carbocycles. The van der Waals surface area contributed by atoms with Gasteiger partial charge in [-0.15, -0.1) is 0 Å². The number of nitrogens with zero attached hydrogens (tertiary/aromatic N) is 8. The molecule has 4 amide bonds. The summed E-state index contributed by atoms with van der Waals surface area (Å²) in [5.41, 5.74) is 1.40. The van der Waals surface area contributed by atoms with Crippen LogP contribution in [0.15, 0.2) is 107 Å². The fourth-order valence-electron chi connectivity index (χ4n) is 6.49. The minimum absolute atomic E-state index is 0.127. The van der Waals surface area contributed by atoms with Gasteiger partial charge in [-0.3, -0.25) is 49.4 Å². The number of likely N-dealkylation sites (N-methyl/N-ethyl adjacent to an activating group) is 2. The zero-order valence-corrected chi connectivity index (χ0v) is 32.9. The van der Waals surface area contributed by atoms with Crippen molar-refractivity contribution in [3.63, 3.8) is 0 Å². The number of nitro groups is 2. The molecule has 0 aliphatic carbocycles. The summed E-state index contributed by atoms with van der Waals surface area (Å²) in [6, 6.07) is 14.1. The van der Waals surface area contributed by atoms with Gasteiger partial charge in [0.2, 0.25) is 23.6 Å². The number of nitro benzene ring substituents is 2. The van der Waals surface area contributed by atoms with E-state index in [1.54, 1.807) is 75.3 Å². The lowest BCUT2D eigenvalue weighted by Crippen LogP contribution is -2.58. The van der Waals surface area contributed by atoms with Gasteiger partial charge < -0.3 is 30.2 Å². The lowest BCUT2D eigenvalue weighted by atomic mass is 10.1. The van der Waals surface area contributed by atoms with Gasteiger partial charge in [-0.25, -0.2) is 0 Å². The Morgan fingerprint density at radius 1 is 0.678 bits per heavy atom. The van der Waals surface area contributed by atoms with E-state index in [-0.39, 0.29) is 57.9 Å². The lowest BCUT2D eigenvalue weighted by molar-refractivity contribution is -0.388. The van der Waals surface area contributed by atoms with Gasteiger partial charge in [0.15, 0.2) is 0 Å². The summed E-state index contributed by atoms with van der Waals surface area (Å²) in [6.45, 7) is 1.76. The summed E-state index contributed by atoms with van der Waals surface area (Å²) in [7, 11) is 3.29. The number of benzene rings is 2. The summed E-state index contributed by atoms with van der Waals surface area (Å²) in [5, 5.41) is 30.6. The second-order valence-electron chi connectivity index (χ2n) is 13.5. The van der Waals surface area contributed by atoms with Crippen molar-refractivity contribution in [2.45, 2.75) is 21.9 Å². The first-order valence-electron chi connectivity index (χ1n) is 18.4. The maximum Gasteiger partial charge on any atom is 0.283 e. The smallest absolute Gasteiger partial charge is 0.283 e. The van der Waals surface area contributed by atoms with E-state index in [2.05, 4.69) is 20.6 Å². The number of hydrogen-bond acceptors (Lipinski definition) is 13. The van der Waals surface area contributed by atoms with Crippen molar-refractivity contribution in [2.75, 3.05) is 63.2 Å². The third-order valence-electron chi connectivity index (χ3n) is 9.75. The fraction of sp³-hybridized carbons (Fsp3) is 0.250. The third-order valence-corrected chi connectivity index (χ3v) is 10.9. The molecule has 0 bridgehead atoms. The van der Waals surface area contributed by atoms with E-state index in [1.165, 1.54) is 68.2 Å². The molecule has 0 spiro atoms. The van der Waals surface area contributed by atoms with Gasteiger partial charge in [0.25, 0.3) is 11.4 Å². The SMILES string of the molecule is CN(C(=O)C1CN(C(=O)/C=C/c2ccc(Sc3ccc(/C=C/C(=O)N4CCNC(C(=O)N(C)c5ccncc5)C4)cc3[N+](=O)[O-])c([N+](=O)[O-])c2)CCN1)c1ccncc1. The van der Waals surface area contributed by atoms with Gasteiger partial charge in [-0.05, 0) is 59.7 Å². The molecule has 6 rings (SSSR count). The molecule has 2 unspecified atom stereocenters. The van der Waals surface area contributed by atoms with Crippen molar-refractivity contribution in [3.05, 3.63) is 129 Å².